The molecule has 6 nitrogen and oxygen atoms in total. The molecular weight excluding hydrogens is 212 g/mol. The van der Waals surface area contributed by atoms with Crippen molar-refractivity contribution in [2.45, 2.75) is 13.3 Å². The number of hydrogen-bond donors (Lipinski definition) is 1. The molecule has 0 bridgehead atoms. The quantitative estimate of drug-likeness (QED) is 0.616. The fourth-order valence-corrected chi connectivity index (χ4v) is 1.50. The molecule has 0 unspecified atom stereocenters. The minimum atomic E-state index is -1.32. The summed E-state index contributed by atoms with van der Waals surface area (Å²) in [5, 5.41) is 28.4. The van der Waals surface area contributed by atoms with Crippen LogP contribution >= 0.6 is 0 Å². The third-order valence-electron chi connectivity index (χ3n) is 2.17. The Labute approximate surface area is 90.9 Å². The van der Waals surface area contributed by atoms with E-state index in [1.807, 2.05) is 0 Å². The molecule has 0 atom stereocenters. The average molecular weight is 220 g/mol. The van der Waals surface area contributed by atoms with Crippen LogP contribution in [0.5, 0.6) is 0 Å². The van der Waals surface area contributed by atoms with Gasteiger partial charge in [0.2, 0.25) is 0 Å². The van der Waals surface area contributed by atoms with Gasteiger partial charge in [0.05, 0.1) is 16.1 Å². The van der Waals surface area contributed by atoms with E-state index in [9.17, 15) is 14.9 Å². The first kappa shape index (κ1) is 11.7. The largest absolute Gasteiger partial charge is 0.478 e. The molecule has 82 valence electrons. The number of carbonyl (C=O) groups is 1. The van der Waals surface area contributed by atoms with Gasteiger partial charge in [-0.3, -0.25) is 10.1 Å². The second kappa shape index (κ2) is 4.40. The van der Waals surface area contributed by atoms with Gasteiger partial charge in [0.15, 0.2) is 0 Å². The molecule has 0 saturated carbocycles. The van der Waals surface area contributed by atoms with Gasteiger partial charge in [-0.05, 0) is 12.5 Å². The minimum absolute atomic E-state index is 0.0602. The van der Waals surface area contributed by atoms with Crippen LogP contribution < -0.4 is 0 Å². The molecule has 0 aliphatic rings. The van der Waals surface area contributed by atoms with Crippen molar-refractivity contribution < 1.29 is 14.8 Å². The fraction of sp³-hybridized carbons (Fsp3) is 0.200. The number of nitriles is 1. The van der Waals surface area contributed by atoms with Crippen molar-refractivity contribution in [3.05, 3.63) is 38.9 Å². The lowest BCUT2D eigenvalue weighted by atomic mass is 9.98. The summed E-state index contributed by atoms with van der Waals surface area (Å²) < 4.78 is 0. The van der Waals surface area contributed by atoms with Crippen molar-refractivity contribution in [3.8, 4) is 6.07 Å². The van der Waals surface area contributed by atoms with E-state index in [4.69, 9.17) is 10.4 Å². The van der Waals surface area contributed by atoms with Gasteiger partial charge in [0.1, 0.15) is 6.07 Å². The maximum absolute atomic E-state index is 11.0. The normalized spacial score (nSPS) is 9.50. The zero-order chi connectivity index (χ0) is 12.3. The van der Waals surface area contributed by atoms with Crippen LogP contribution in [-0.2, 0) is 6.42 Å². The topological polar surface area (TPSA) is 104 Å². The molecule has 0 fully saturated rings. The van der Waals surface area contributed by atoms with Gasteiger partial charge in [-0.25, -0.2) is 4.79 Å². The van der Waals surface area contributed by atoms with Gasteiger partial charge >= 0.3 is 5.97 Å². The number of carboxylic acid groups (broad SMARTS) is 1. The summed E-state index contributed by atoms with van der Waals surface area (Å²) in [7, 11) is 0. The van der Waals surface area contributed by atoms with Crippen LogP contribution in [0.15, 0.2) is 12.1 Å². The Hall–Kier alpha value is -2.42. The van der Waals surface area contributed by atoms with Crippen LogP contribution in [0, 0.1) is 21.4 Å². The molecule has 1 N–H and O–H groups in total. The zero-order valence-corrected chi connectivity index (χ0v) is 8.43. The Balaban J connectivity index is 3.64. The molecule has 1 aromatic rings. The summed E-state index contributed by atoms with van der Waals surface area (Å²) in [4.78, 5) is 21.0. The first-order valence-corrected chi connectivity index (χ1v) is 4.46. The molecule has 0 radical (unpaired) electrons. The maximum Gasteiger partial charge on any atom is 0.337 e. The van der Waals surface area contributed by atoms with Gasteiger partial charge in [0.25, 0.3) is 5.69 Å². The predicted molar refractivity (Wildman–Crippen MR) is 54.1 cm³/mol. The lowest BCUT2D eigenvalue weighted by Gasteiger charge is -2.05. The lowest BCUT2D eigenvalue weighted by molar-refractivity contribution is -0.385. The molecule has 1 rings (SSSR count). The van der Waals surface area contributed by atoms with Crippen molar-refractivity contribution in [3.63, 3.8) is 0 Å². The van der Waals surface area contributed by atoms with Crippen molar-refractivity contribution in [2.24, 2.45) is 0 Å². The molecule has 1 aromatic carbocycles. The third-order valence-corrected chi connectivity index (χ3v) is 2.17. The molecule has 16 heavy (non-hydrogen) atoms. The molecule has 0 aliphatic heterocycles. The summed E-state index contributed by atoms with van der Waals surface area (Å²) in [6.45, 7) is 1.61. The van der Waals surface area contributed by atoms with Crippen LogP contribution in [0.2, 0.25) is 0 Å². The molecule has 6 heteroatoms. The van der Waals surface area contributed by atoms with E-state index in [1.54, 1.807) is 13.0 Å². The molecule has 0 aliphatic carbocycles. The second-order valence-corrected chi connectivity index (χ2v) is 3.01. The lowest BCUT2D eigenvalue weighted by Crippen LogP contribution is -2.08. The van der Waals surface area contributed by atoms with E-state index < -0.39 is 10.9 Å². The molecule has 0 amide bonds. The molecule has 0 spiro atoms. The molecule has 0 saturated heterocycles. The van der Waals surface area contributed by atoms with Crippen LogP contribution in [0.4, 0.5) is 5.69 Å². The first-order valence-electron chi connectivity index (χ1n) is 4.46. The van der Waals surface area contributed by atoms with Gasteiger partial charge in [-0.15, -0.1) is 0 Å². The highest BCUT2D eigenvalue weighted by atomic mass is 16.6. The van der Waals surface area contributed by atoms with Crippen molar-refractivity contribution in [2.75, 3.05) is 0 Å². The number of nitro benzene ring substituents is 1. The third kappa shape index (κ3) is 1.83. The summed E-state index contributed by atoms with van der Waals surface area (Å²) in [6, 6.07) is 4.02. The number of carboxylic acids is 1. The minimum Gasteiger partial charge on any atom is -0.478 e. The predicted octanol–water partition coefficient (Wildman–Crippen LogP) is 1.73. The molecule has 0 aromatic heterocycles. The smallest absolute Gasteiger partial charge is 0.337 e. The fourth-order valence-electron chi connectivity index (χ4n) is 1.50. The summed E-state index contributed by atoms with van der Waals surface area (Å²) in [5.41, 5.74) is -0.524. The van der Waals surface area contributed by atoms with E-state index in [2.05, 4.69) is 0 Å². The molecular formula is C10H8N2O4. The van der Waals surface area contributed by atoms with Gasteiger partial charge in [-0.2, -0.15) is 5.26 Å². The number of hydrogen-bond acceptors (Lipinski definition) is 4. The van der Waals surface area contributed by atoms with E-state index in [0.717, 1.165) is 12.1 Å². The van der Waals surface area contributed by atoms with Crippen LogP contribution in [-0.4, -0.2) is 16.0 Å². The maximum atomic E-state index is 11.0. The van der Waals surface area contributed by atoms with Crippen LogP contribution in [0.1, 0.15) is 28.4 Å². The Morgan fingerprint density at radius 2 is 2.25 bits per heavy atom. The number of rotatable bonds is 3. The number of benzene rings is 1. The van der Waals surface area contributed by atoms with Crippen molar-refractivity contribution >= 4 is 11.7 Å². The number of aromatic carboxylic acids is 1. The highest BCUT2D eigenvalue weighted by molar-refractivity contribution is 5.93. The molecule has 0 heterocycles. The SMILES string of the molecule is CCc1c([N+](=O)[O-])ccc(C#N)c1C(=O)O. The number of nitrogens with zero attached hydrogens (tertiary/aromatic N) is 2. The Bertz CT molecular complexity index is 502. The van der Waals surface area contributed by atoms with E-state index in [1.165, 1.54) is 0 Å². The summed E-state index contributed by atoms with van der Waals surface area (Å²) in [6.07, 6.45) is 0.188. The summed E-state index contributed by atoms with van der Waals surface area (Å²) in [5.74, 6) is -1.32. The van der Waals surface area contributed by atoms with E-state index in [0.29, 0.717) is 0 Å². The van der Waals surface area contributed by atoms with Crippen LogP contribution in [0.3, 0.4) is 0 Å². The highest BCUT2D eigenvalue weighted by Gasteiger charge is 2.23. The van der Waals surface area contributed by atoms with Crippen molar-refractivity contribution in [1.82, 2.24) is 0 Å². The van der Waals surface area contributed by atoms with Crippen LogP contribution in [0.25, 0.3) is 0 Å². The standard InChI is InChI=1S/C10H8N2O4/c1-2-7-8(12(15)16)4-3-6(5-11)9(7)10(13)14/h3-4H,2H2,1H3,(H,13,14). The second-order valence-electron chi connectivity index (χ2n) is 3.01. The monoisotopic (exact) mass is 220 g/mol. The van der Waals surface area contributed by atoms with Gasteiger partial charge in [-0.1, -0.05) is 6.92 Å². The first-order chi connectivity index (χ1) is 7.52. The zero-order valence-electron chi connectivity index (χ0n) is 8.43. The van der Waals surface area contributed by atoms with Gasteiger partial charge < -0.3 is 5.11 Å². The Morgan fingerprint density at radius 1 is 1.62 bits per heavy atom. The van der Waals surface area contributed by atoms with E-state index in [-0.39, 0.29) is 28.8 Å². The van der Waals surface area contributed by atoms with Crippen molar-refractivity contribution in [1.29, 1.82) is 5.26 Å². The summed E-state index contributed by atoms with van der Waals surface area (Å²) >= 11 is 0. The Morgan fingerprint density at radius 3 is 2.62 bits per heavy atom. The Kier molecular flexibility index (Phi) is 3.20. The van der Waals surface area contributed by atoms with Gasteiger partial charge in [0, 0.05) is 11.6 Å². The highest BCUT2D eigenvalue weighted by Crippen LogP contribution is 2.25. The van der Waals surface area contributed by atoms with E-state index >= 15 is 0 Å². The number of nitro groups is 1. The average Bonchev–Trinajstić information content (AvgIpc) is 2.26.